The summed E-state index contributed by atoms with van der Waals surface area (Å²) in [4.78, 5) is 31.5. The van der Waals surface area contributed by atoms with E-state index in [9.17, 15) is 9.59 Å². The van der Waals surface area contributed by atoms with Gasteiger partial charge < -0.3 is 5.32 Å². The molecule has 0 radical (unpaired) electrons. The first-order chi connectivity index (χ1) is 14.2. The van der Waals surface area contributed by atoms with Crippen LogP contribution in [-0.4, -0.2) is 23.5 Å². The average Bonchev–Trinajstić information content (AvgIpc) is 3.49. The van der Waals surface area contributed by atoms with E-state index in [1.807, 2.05) is 29.6 Å². The molecule has 0 atom stereocenters. The van der Waals surface area contributed by atoms with E-state index in [0.29, 0.717) is 17.6 Å². The molecule has 154 valence electrons. The van der Waals surface area contributed by atoms with Crippen molar-refractivity contribution in [1.29, 1.82) is 0 Å². The molecule has 0 unspecified atom stereocenters. The number of aromatic nitrogens is 1. The highest BCUT2D eigenvalue weighted by Gasteiger charge is 2.25. The van der Waals surface area contributed by atoms with Crippen molar-refractivity contribution < 1.29 is 9.59 Å². The van der Waals surface area contributed by atoms with Crippen LogP contribution in [0.2, 0.25) is 0 Å². The number of thiazole rings is 1. The zero-order valence-corrected chi connectivity index (χ0v) is 17.4. The third-order valence-electron chi connectivity index (χ3n) is 5.96. The Morgan fingerprint density at radius 2 is 1.83 bits per heavy atom. The first-order valence-corrected chi connectivity index (χ1v) is 11.5. The van der Waals surface area contributed by atoms with Crippen LogP contribution in [-0.2, 0) is 4.79 Å². The minimum atomic E-state index is -0.175. The zero-order chi connectivity index (χ0) is 20.1. The van der Waals surface area contributed by atoms with Crippen molar-refractivity contribution in [2.75, 3.05) is 22.1 Å². The number of rotatable bonds is 6. The van der Waals surface area contributed by atoms with Crippen molar-refractivity contribution in [3.8, 4) is 0 Å². The topological polar surface area (TPSA) is 74.3 Å². The molecule has 6 nitrogen and oxygen atoms in total. The molecule has 0 spiro atoms. The SMILES string of the molecule is O=C(Nc1cccc(N(CC2CCCC2)C(=O)Nc2nccs2)c1)C1CCCC1. The molecule has 1 aromatic heterocycles. The first-order valence-electron chi connectivity index (χ1n) is 10.6. The Balaban J connectivity index is 1.50. The molecule has 2 fully saturated rings. The number of benzene rings is 1. The quantitative estimate of drug-likeness (QED) is 0.658. The lowest BCUT2D eigenvalue weighted by Crippen LogP contribution is -2.38. The summed E-state index contributed by atoms with van der Waals surface area (Å²) in [6.45, 7) is 0.678. The van der Waals surface area contributed by atoms with E-state index >= 15 is 0 Å². The van der Waals surface area contributed by atoms with Crippen LogP contribution in [0.4, 0.5) is 21.3 Å². The van der Waals surface area contributed by atoms with Crippen LogP contribution in [0.15, 0.2) is 35.8 Å². The number of amides is 3. The largest absolute Gasteiger partial charge is 0.328 e. The summed E-state index contributed by atoms with van der Waals surface area (Å²) in [6.07, 6.45) is 10.6. The number of nitrogens with zero attached hydrogens (tertiary/aromatic N) is 2. The number of hydrogen-bond acceptors (Lipinski definition) is 4. The highest BCUT2D eigenvalue weighted by molar-refractivity contribution is 7.13. The normalized spacial score (nSPS) is 17.4. The molecule has 2 aromatic rings. The predicted molar refractivity (Wildman–Crippen MR) is 117 cm³/mol. The molecule has 7 heteroatoms. The van der Waals surface area contributed by atoms with Crippen LogP contribution in [0.1, 0.15) is 51.4 Å². The maximum atomic E-state index is 13.0. The van der Waals surface area contributed by atoms with Gasteiger partial charge in [-0.15, -0.1) is 11.3 Å². The summed E-state index contributed by atoms with van der Waals surface area (Å²) in [5.74, 6) is 0.712. The van der Waals surface area contributed by atoms with Gasteiger partial charge in [-0.05, 0) is 49.8 Å². The van der Waals surface area contributed by atoms with Crippen LogP contribution in [0.25, 0.3) is 0 Å². The monoisotopic (exact) mass is 412 g/mol. The van der Waals surface area contributed by atoms with Gasteiger partial charge in [0, 0.05) is 35.4 Å². The minimum absolute atomic E-state index is 0.0919. The second-order valence-electron chi connectivity index (χ2n) is 8.05. The van der Waals surface area contributed by atoms with Gasteiger partial charge in [0.25, 0.3) is 0 Å². The first kappa shape index (κ1) is 19.9. The minimum Gasteiger partial charge on any atom is -0.326 e. The van der Waals surface area contributed by atoms with E-state index in [2.05, 4.69) is 15.6 Å². The molecule has 2 N–H and O–H groups in total. The van der Waals surface area contributed by atoms with Crippen LogP contribution >= 0.6 is 11.3 Å². The third-order valence-corrected chi connectivity index (χ3v) is 6.65. The Bertz CT molecular complexity index is 827. The van der Waals surface area contributed by atoms with Crippen LogP contribution in [0.3, 0.4) is 0 Å². The zero-order valence-electron chi connectivity index (χ0n) is 16.6. The smallest absolute Gasteiger partial charge is 0.326 e. The molecule has 2 saturated carbocycles. The number of urea groups is 1. The van der Waals surface area contributed by atoms with Gasteiger partial charge in [0.05, 0.1) is 0 Å². The fourth-order valence-corrected chi connectivity index (χ4v) is 4.90. The fourth-order valence-electron chi connectivity index (χ4n) is 4.38. The molecule has 2 aliphatic rings. The second-order valence-corrected chi connectivity index (χ2v) is 8.94. The molecule has 29 heavy (non-hydrogen) atoms. The molecule has 3 amide bonds. The summed E-state index contributed by atoms with van der Waals surface area (Å²) in [5, 5.41) is 8.39. The number of anilines is 3. The number of carbonyl (C=O) groups excluding carboxylic acids is 2. The molecule has 1 heterocycles. The van der Waals surface area contributed by atoms with Crippen molar-refractivity contribution in [2.45, 2.75) is 51.4 Å². The van der Waals surface area contributed by atoms with E-state index in [4.69, 9.17) is 0 Å². The molecule has 0 bridgehead atoms. The van der Waals surface area contributed by atoms with E-state index in [1.165, 1.54) is 24.2 Å². The molecule has 2 aliphatic carbocycles. The van der Waals surface area contributed by atoms with E-state index in [1.54, 1.807) is 11.1 Å². The highest BCUT2D eigenvalue weighted by Crippen LogP contribution is 2.30. The molecule has 4 rings (SSSR count). The predicted octanol–water partition coefficient (Wildman–Crippen LogP) is 5.50. The Kier molecular flexibility index (Phi) is 6.44. The lowest BCUT2D eigenvalue weighted by molar-refractivity contribution is -0.119. The summed E-state index contributed by atoms with van der Waals surface area (Å²) in [7, 11) is 0. The molecule has 0 saturated heterocycles. The molecular formula is C22H28N4O2S. The van der Waals surface area contributed by atoms with Gasteiger partial charge >= 0.3 is 6.03 Å². The van der Waals surface area contributed by atoms with Gasteiger partial charge in [-0.3, -0.25) is 15.0 Å². The highest BCUT2D eigenvalue weighted by atomic mass is 32.1. The molecule has 1 aromatic carbocycles. The fraction of sp³-hybridized carbons (Fsp3) is 0.500. The van der Waals surface area contributed by atoms with Gasteiger partial charge in [-0.1, -0.05) is 31.7 Å². The van der Waals surface area contributed by atoms with Crippen molar-refractivity contribution in [3.63, 3.8) is 0 Å². The van der Waals surface area contributed by atoms with Crippen molar-refractivity contribution in [3.05, 3.63) is 35.8 Å². The molecule has 0 aliphatic heterocycles. The Morgan fingerprint density at radius 1 is 1.07 bits per heavy atom. The number of hydrogen-bond donors (Lipinski definition) is 2. The van der Waals surface area contributed by atoms with Gasteiger partial charge in [-0.2, -0.15) is 0 Å². The number of nitrogens with one attached hydrogen (secondary N) is 2. The van der Waals surface area contributed by atoms with Crippen LogP contribution in [0, 0.1) is 11.8 Å². The van der Waals surface area contributed by atoms with Gasteiger partial charge in [0.1, 0.15) is 0 Å². The summed E-state index contributed by atoms with van der Waals surface area (Å²) < 4.78 is 0. The van der Waals surface area contributed by atoms with Gasteiger partial charge in [0.15, 0.2) is 5.13 Å². The second kappa shape index (κ2) is 9.39. The standard InChI is InChI=1S/C22H28N4O2S/c27-20(17-8-3-4-9-17)24-18-10-5-11-19(14-18)26(15-16-6-1-2-7-16)22(28)25-21-23-12-13-29-21/h5,10-14,16-17H,1-4,6-9,15H2,(H,24,27)(H,23,25,28). The van der Waals surface area contributed by atoms with Crippen LogP contribution in [0.5, 0.6) is 0 Å². The van der Waals surface area contributed by atoms with E-state index < -0.39 is 0 Å². The summed E-state index contributed by atoms with van der Waals surface area (Å²) in [5.41, 5.74) is 1.55. The lowest BCUT2D eigenvalue weighted by atomic mass is 10.1. The summed E-state index contributed by atoms with van der Waals surface area (Å²) in [6, 6.07) is 7.46. The van der Waals surface area contributed by atoms with Crippen molar-refractivity contribution in [1.82, 2.24) is 4.98 Å². The van der Waals surface area contributed by atoms with Crippen molar-refractivity contribution >= 4 is 39.8 Å². The lowest BCUT2D eigenvalue weighted by Gasteiger charge is -2.26. The van der Waals surface area contributed by atoms with Gasteiger partial charge in [0.2, 0.25) is 5.91 Å². The number of carbonyl (C=O) groups is 2. The van der Waals surface area contributed by atoms with E-state index in [0.717, 1.165) is 49.9 Å². The maximum absolute atomic E-state index is 13.0. The maximum Gasteiger partial charge on any atom is 0.328 e. The Hall–Kier alpha value is -2.41. The van der Waals surface area contributed by atoms with E-state index in [-0.39, 0.29) is 17.9 Å². The third kappa shape index (κ3) is 5.15. The molecular weight excluding hydrogens is 384 g/mol. The average molecular weight is 413 g/mol. The Morgan fingerprint density at radius 3 is 2.55 bits per heavy atom. The van der Waals surface area contributed by atoms with Crippen molar-refractivity contribution in [2.24, 2.45) is 11.8 Å². The van der Waals surface area contributed by atoms with Crippen LogP contribution < -0.4 is 15.5 Å². The van der Waals surface area contributed by atoms with Gasteiger partial charge in [-0.25, -0.2) is 9.78 Å². The Labute approximate surface area is 175 Å². The summed E-state index contributed by atoms with van der Waals surface area (Å²) >= 11 is 1.41.